The van der Waals surface area contributed by atoms with Crippen molar-refractivity contribution in [3.8, 4) is 17.0 Å². The van der Waals surface area contributed by atoms with Crippen LogP contribution in [-0.4, -0.2) is 82.7 Å². The highest BCUT2D eigenvalue weighted by molar-refractivity contribution is 6.26. The molecule has 0 bridgehead atoms. The van der Waals surface area contributed by atoms with Gasteiger partial charge in [0.1, 0.15) is 24.7 Å². The third kappa shape index (κ3) is 8.46. The molecule has 0 spiro atoms. The van der Waals surface area contributed by atoms with E-state index in [1.165, 1.54) is 17.0 Å². The summed E-state index contributed by atoms with van der Waals surface area (Å²) in [6.07, 6.45) is 1.89. The maximum absolute atomic E-state index is 13.5. The predicted molar refractivity (Wildman–Crippen MR) is 139 cm³/mol. The van der Waals surface area contributed by atoms with Crippen LogP contribution in [0.25, 0.3) is 11.3 Å². The summed E-state index contributed by atoms with van der Waals surface area (Å²) in [5, 5.41) is 20.6. The third-order valence-electron chi connectivity index (χ3n) is 6.46. The lowest BCUT2D eigenvalue weighted by atomic mass is 9.99. The van der Waals surface area contributed by atoms with Gasteiger partial charge in [0.15, 0.2) is 11.8 Å². The Labute approximate surface area is 230 Å². The number of piperazine rings is 1. The van der Waals surface area contributed by atoms with Crippen molar-refractivity contribution in [3.05, 3.63) is 71.7 Å². The Hall–Kier alpha value is -4.58. The predicted octanol–water partition coefficient (Wildman–Crippen LogP) is -0.402. The highest BCUT2D eigenvalue weighted by Crippen LogP contribution is 2.31. The number of carboxylic acid groups (broad SMARTS) is 2. The van der Waals surface area contributed by atoms with E-state index in [-0.39, 0.29) is 18.1 Å². The Kier molecular flexibility index (Phi) is 10.5. The van der Waals surface area contributed by atoms with Crippen LogP contribution >= 0.6 is 0 Å². The average Bonchev–Trinajstić information content (AvgIpc) is 3.35. The zero-order valence-electron chi connectivity index (χ0n) is 22.3. The molecule has 0 atom stereocenters. The Balaban J connectivity index is 0.000000663. The lowest BCUT2D eigenvalue weighted by Gasteiger charge is -2.31. The lowest BCUT2D eigenvalue weighted by molar-refractivity contribution is -0.904. The Bertz CT molecular complexity index is 1350. The van der Waals surface area contributed by atoms with Gasteiger partial charge < -0.3 is 29.5 Å². The third-order valence-corrected chi connectivity index (χ3v) is 6.46. The van der Waals surface area contributed by atoms with Crippen LogP contribution in [0.5, 0.6) is 5.75 Å². The Morgan fingerprint density at radius 3 is 2.38 bits per heavy atom. The number of quaternary nitrogens is 1. The van der Waals surface area contributed by atoms with E-state index in [1.807, 2.05) is 36.2 Å². The molecule has 0 aliphatic carbocycles. The number of carbonyl (C=O) groups excluding carboxylic acids is 3. The van der Waals surface area contributed by atoms with E-state index in [2.05, 4.69) is 5.10 Å². The molecular formula is C28H31FN4O7. The number of hydrogen-bond donors (Lipinski definition) is 2. The van der Waals surface area contributed by atoms with E-state index < -0.39 is 17.8 Å². The van der Waals surface area contributed by atoms with E-state index >= 15 is 0 Å². The van der Waals surface area contributed by atoms with Gasteiger partial charge in [-0.3, -0.25) is 14.3 Å². The van der Waals surface area contributed by atoms with E-state index in [1.54, 1.807) is 29.9 Å². The van der Waals surface area contributed by atoms with Crippen molar-refractivity contribution in [2.45, 2.75) is 13.3 Å². The number of nitrogens with one attached hydrogen (secondary N) is 1. The Morgan fingerprint density at radius 1 is 1.10 bits per heavy atom. The SMILES string of the molecule is CC(=O)N1CC[NH+](CCOc2ccc(CC(=O)c3cccc(F)c3)cc2-c2ccnn2C)CC1.O=C([O-])C(=O)O. The normalized spacial score (nSPS) is 13.2. The number of ketones is 1. The number of aryl methyl sites for hydroxylation is 1. The lowest BCUT2D eigenvalue weighted by Crippen LogP contribution is -3.15. The van der Waals surface area contributed by atoms with Gasteiger partial charge in [0.05, 0.1) is 31.9 Å². The molecule has 2 aromatic carbocycles. The van der Waals surface area contributed by atoms with E-state index in [0.29, 0.717) is 12.2 Å². The second kappa shape index (κ2) is 14.0. The summed E-state index contributed by atoms with van der Waals surface area (Å²) in [5.74, 6) is -3.71. The van der Waals surface area contributed by atoms with Crippen LogP contribution < -0.4 is 14.7 Å². The molecular weight excluding hydrogens is 523 g/mol. The van der Waals surface area contributed by atoms with Crippen LogP contribution in [0.4, 0.5) is 4.39 Å². The smallest absolute Gasteiger partial charge is 0.351 e. The van der Waals surface area contributed by atoms with Crippen molar-refractivity contribution in [2.75, 3.05) is 39.3 Å². The molecule has 2 N–H and O–H groups in total. The van der Waals surface area contributed by atoms with Crippen LogP contribution in [-0.2, 0) is 27.9 Å². The average molecular weight is 555 g/mol. The van der Waals surface area contributed by atoms with E-state index in [9.17, 15) is 14.0 Å². The van der Waals surface area contributed by atoms with Crippen molar-refractivity contribution >= 4 is 23.6 Å². The number of halogens is 1. The fraction of sp³-hybridized carbons (Fsp3) is 0.321. The number of Topliss-reactive ketones (excluding diaryl/α,β-unsaturated/α-hetero) is 1. The van der Waals surface area contributed by atoms with Crippen molar-refractivity contribution in [1.82, 2.24) is 14.7 Å². The molecule has 40 heavy (non-hydrogen) atoms. The first-order chi connectivity index (χ1) is 19.0. The highest BCUT2D eigenvalue weighted by Gasteiger charge is 2.21. The summed E-state index contributed by atoms with van der Waals surface area (Å²) in [4.78, 5) is 45.5. The van der Waals surface area contributed by atoms with Crippen molar-refractivity contribution in [3.63, 3.8) is 0 Å². The number of amides is 1. The van der Waals surface area contributed by atoms with Crippen molar-refractivity contribution in [1.29, 1.82) is 0 Å². The molecule has 1 fully saturated rings. The number of rotatable bonds is 8. The summed E-state index contributed by atoms with van der Waals surface area (Å²) >= 11 is 0. The molecule has 212 valence electrons. The fourth-order valence-corrected chi connectivity index (χ4v) is 4.29. The van der Waals surface area contributed by atoms with Gasteiger partial charge in [-0.2, -0.15) is 5.10 Å². The zero-order chi connectivity index (χ0) is 29.2. The topological polar surface area (TPSA) is 146 Å². The number of benzene rings is 2. The van der Waals surface area contributed by atoms with Crippen molar-refractivity contribution in [2.24, 2.45) is 7.05 Å². The second-order valence-corrected chi connectivity index (χ2v) is 9.23. The zero-order valence-corrected chi connectivity index (χ0v) is 22.3. The molecule has 2 heterocycles. The number of nitrogens with zero attached hydrogens (tertiary/aromatic N) is 3. The standard InChI is InChI=1S/C26H29FN4O3.C2H2O4/c1-19(32)31-12-10-30(11-13-31)14-15-34-26-7-6-20(16-23(26)24-8-9-28-29(24)2)17-25(33)21-4-3-5-22(27)18-21;3-1(4)2(5)6/h3-9,16,18H,10-15,17H2,1-2H3;(H,3,4)(H,5,6). The number of hydrogen-bond acceptors (Lipinski definition) is 7. The fourth-order valence-electron chi connectivity index (χ4n) is 4.29. The summed E-state index contributed by atoms with van der Waals surface area (Å²) in [5.41, 5.74) is 2.93. The minimum Gasteiger partial charge on any atom is -0.539 e. The van der Waals surface area contributed by atoms with Gasteiger partial charge in [-0.25, -0.2) is 9.18 Å². The first-order valence-corrected chi connectivity index (χ1v) is 12.6. The van der Waals surface area contributed by atoms with Crippen LogP contribution in [0.1, 0.15) is 22.8 Å². The molecule has 1 aliphatic heterocycles. The molecule has 0 saturated carbocycles. The molecule has 1 aromatic heterocycles. The van der Waals surface area contributed by atoms with Gasteiger partial charge in [-0.05, 0) is 35.9 Å². The van der Waals surface area contributed by atoms with E-state index in [0.717, 1.165) is 55.3 Å². The molecule has 0 unspecified atom stereocenters. The monoisotopic (exact) mass is 554 g/mol. The van der Waals surface area contributed by atoms with Crippen molar-refractivity contribution < 1.29 is 43.4 Å². The number of aliphatic carboxylic acids is 2. The van der Waals surface area contributed by atoms with Crippen LogP contribution in [0.15, 0.2) is 54.7 Å². The van der Waals surface area contributed by atoms with Gasteiger partial charge in [0, 0.05) is 37.7 Å². The molecule has 1 amide bonds. The second-order valence-electron chi connectivity index (χ2n) is 9.23. The molecule has 1 aliphatic rings. The molecule has 0 radical (unpaired) electrons. The summed E-state index contributed by atoms with van der Waals surface area (Å²) in [6.45, 7) is 6.39. The summed E-state index contributed by atoms with van der Waals surface area (Å²) in [6, 6.07) is 13.4. The first-order valence-electron chi connectivity index (χ1n) is 12.6. The maximum atomic E-state index is 13.5. The summed E-state index contributed by atoms with van der Waals surface area (Å²) < 4.78 is 21.5. The molecule has 11 nitrogen and oxygen atoms in total. The molecule has 4 rings (SSSR count). The van der Waals surface area contributed by atoms with Gasteiger partial charge in [-0.1, -0.05) is 18.2 Å². The molecule has 3 aromatic rings. The largest absolute Gasteiger partial charge is 0.539 e. The Morgan fingerprint density at radius 2 is 1.80 bits per heavy atom. The number of ether oxygens (including phenoxy) is 1. The van der Waals surface area contributed by atoms with Gasteiger partial charge in [0.25, 0.3) is 0 Å². The quantitative estimate of drug-likeness (QED) is 0.283. The summed E-state index contributed by atoms with van der Waals surface area (Å²) in [7, 11) is 1.86. The first kappa shape index (κ1) is 30.0. The van der Waals surface area contributed by atoms with Gasteiger partial charge in [-0.15, -0.1) is 0 Å². The van der Waals surface area contributed by atoms with Crippen LogP contribution in [0, 0.1) is 5.82 Å². The van der Waals surface area contributed by atoms with Crippen LogP contribution in [0.3, 0.4) is 0 Å². The minimum atomic E-state index is -2.07. The minimum absolute atomic E-state index is 0.132. The van der Waals surface area contributed by atoms with Crippen LogP contribution in [0.2, 0.25) is 0 Å². The maximum Gasteiger partial charge on any atom is 0.351 e. The highest BCUT2D eigenvalue weighted by atomic mass is 19.1. The number of carboxylic acids is 2. The molecule has 12 heteroatoms. The number of carbonyl (C=O) groups is 4. The molecule has 1 saturated heterocycles. The van der Waals surface area contributed by atoms with Gasteiger partial charge in [0.2, 0.25) is 5.91 Å². The van der Waals surface area contributed by atoms with Gasteiger partial charge >= 0.3 is 5.97 Å². The van der Waals surface area contributed by atoms with E-state index in [4.69, 9.17) is 24.5 Å². The number of aromatic nitrogens is 2.